The van der Waals surface area contributed by atoms with Crippen molar-refractivity contribution in [2.75, 3.05) is 0 Å². The number of benzene rings is 2. The van der Waals surface area contributed by atoms with E-state index in [1.54, 1.807) is 35.1 Å². The Labute approximate surface area is 147 Å². The van der Waals surface area contributed by atoms with Crippen molar-refractivity contribution >= 4 is 16.7 Å². The van der Waals surface area contributed by atoms with Crippen LogP contribution < -0.4 is 5.56 Å². The second-order valence-corrected chi connectivity index (χ2v) is 5.78. The van der Waals surface area contributed by atoms with Gasteiger partial charge in [0.1, 0.15) is 0 Å². The zero-order valence-corrected chi connectivity index (χ0v) is 13.6. The molecule has 0 saturated heterocycles. The molecule has 26 heavy (non-hydrogen) atoms. The molecule has 0 radical (unpaired) electrons. The molecular formula is C19H14N4O3. The van der Waals surface area contributed by atoms with Crippen LogP contribution in [0.2, 0.25) is 0 Å². The fourth-order valence-electron chi connectivity index (χ4n) is 2.85. The Balaban J connectivity index is 1.74. The number of fused-ring (bicyclic) bond motifs is 1. The van der Waals surface area contributed by atoms with Gasteiger partial charge in [-0.15, -0.1) is 0 Å². The average molecular weight is 346 g/mol. The first-order valence-corrected chi connectivity index (χ1v) is 7.95. The summed E-state index contributed by atoms with van der Waals surface area (Å²) in [6.07, 6.45) is 3.53. The molecule has 2 aromatic heterocycles. The van der Waals surface area contributed by atoms with E-state index >= 15 is 0 Å². The van der Waals surface area contributed by atoms with Crippen molar-refractivity contribution in [3.05, 3.63) is 88.6 Å². The molecule has 0 unspecified atom stereocenters. The number of rotatable bonds is 4. The van der Waals surface area contributed by atoms with E-state index in [1.165, 1.54) is 4.68 Å². The lowest BCUT2D eigenvalue weighted by atomic mass is 10.1. The van der Waals surface area contributed by atoms with E-state index in [9.17, 15) is 14.7 Å². The minimum Gasteiger partial charge on any atom is -0.476 e. The van der Waals surface area contributed by atoms with E-state index in [-0.39, 0.29) is 17.8 Å². The summed E-state index contributed by atoms with van der Waals surface area (Å²) in [5.74, 6) is -1.16. The number of hydrogen-bond acceptors (Lipinski definition) is 4. The van der Waals surface area contributed by atoms with Crippen LogP contribution in [0.4, 0.5) is 0 Å². The van der Waals surface area contributed by atoms with Crippen molar-refractivity contribution in [2.24, 2.45) is 0 Å². The van der Waals surface area contributed by atoms with Crippen LogP contribution in [0.25, 0.3) is 16.5 Å². The number of carbonyl (C=O) groups is 1. The fraction of sp³-hybridized carbons (Fsp3) is 0.0526. The minimum atomic E-state index is -1.16. The first-order valence-electron chi connectivity index (χ1n) is 7.95. The molecule has 0 bridgehead atoms. The summed E-state index contributed by atoms with van der Waals surface area (Å²) in [7, 11) is 0. The molecule has 0 fully saturated rings. The topological polar surface area (TPSA) is 90.0 Å². The Hall–Kier alpha value is -3.74. The van der Waals surface area contributed by atoms with E-state index in [2.05, 4.69) is 10.2 Å². The van der Waals surface area contributed by atoms with Gasteiger partial charge in [-0.05, 0) is 29.8 Å². The molecule has 0 spiro atoms. The van der Waals surface area contributed by atoms with Gasteiger partial charge in [-0.3, -0.25) is 4.79 Å². The lowest BCUT2D eigenvalue weighted by Crippen LogP contribution is -2.26. The van der Waals surface area contributed by atoms with Crippen molar-refractivity contribution in [1.29, 1.82) is 0 Å². The van der Waals surface area contributed by atoms with Gasteiger partial charge in [0.15, 0.2) is 5.69 Å². The molecule has 1 N–H and O–H groups in total. The van der Waals surface area contributed by atoms with E-state index in [1.807, 2.05) is 36.5 Å². The molecule has 0 amide bonds. The monoisotopic (exact) mass is 346 g/mol. The minimum absolute atomic E-state index is 0.131. The normalized spacial score (nSPS) is 10.9. The third-order valence-electron chi connectivity index (χ3n) is 4.11. The van der Waals surface area contributed by atoms with Crippen molar-refractivity contribution in [2.45, 2.75) is 6.54 Å². The first kappa shape index (κ1) is 15.8. The highest BCUT2D eigenvalue weighted by Crippen LogP contribution is 2.14. The molecule has 7 nitrogen and oxygen atoms in total. The smallest absolute Gasteiger partial charge is 0.357 e. The molecule has 4 rings (SSSR count). The second-order valence-electron chi connectivity index (χ2n) is 5.78. The SMILES string of the molecule is O=C(O)c1nn(Cc2ccc(-n3cccn3)cc2)c(=O)c2ccccc12. The van der Waals surface area contributed by atoms with E-state index in [0.717, 1.165) is 11.3 Å². The summed E-state index contributed by atoms with van der Waals surface area (Å²) >= 11 is 0. The molecule has 2 heterocycles. The molecule has 0 aliphatic carbocycles. The third kappa shape index (κ3) is 2.75. The van der Waals surface area contributed by atoms with Crippen molar-refractivity contribution in [3.8, 4) is 5.69 Å². The number of nitrogens with zero attached hydrogens (tertiary/aromatic N) is 4. The van der Waals surface area contributed by atoms with Crippen LogP contribution in [-0.2, 0) is 6.54 Å². The van der Waals surface area contributed by atoms with Gasteiger partial charge in [-0.2, -0.15) is 10.2 Å². The van der Waals surface area contributed by atoms with Crippen molar-refractivity contribution in [1.82, 2.24) is 19.6 Å². The van der Waals surface area contributed by atoms with Crippen LogP contribution in [0.5, 0.6) is 0 Å². The van der Waals surface area contributed by atoms with E-state index < -0.39 is 5.97 Å². The molecule has 0 saturated carbocycles. The van der Waals surface area contributed by atoms with Gasteiger partial charge in [0, 0.05) is 17.8 Å². The van der Waals surface area contributed by atoms with Gasteiger partial charge in [-0.1, -0.05) is 30.3 Å². The maximum atomic E-state index is 12.7. The van der Waals surface area contributed by atoms with Gasteiger partial charge < -0.3 is 5.11 Å². The highest BCUT2D eigenvalue weighted by atomic mass is 16.4. The maximum absolute atomic E-state index is 12.7. The molecule has 7 heteroatoms. The summed E-state index contributed by atoms with van der Waals surface area (Å²) in [4.78, 5) is 24.2. The van der Waals surface area contributed by atoms with Gasteiger partial charge >= 0.3 is 5.97 Å². The van der Waals surface area contributed by atoms with E-state index in [0.29, 0.717) is 10.8 Å². The third-order valence-corrected chi connectivity index (χ3v) is 4.11. The predicted octanol–water partition coefficient (Wildman–Crippen LogP) is 2.33. The van der Waals surface area contributed by atoms with Gasteiger partial charge in [0.25, 0.3) is 5.56 Å². The Morgan fingerprint density at radius 3 is 2.38 bits per heavy atom. The van der Waals surface area contributed by atoms with Crippen LogP contribution in [0, 0.1) is 0 Å². The first-order chi connectivity index (χ1) is 12.6. The molecule has 0 aliphatic rings. The largest absolute Gasteiger partial charge is 0.476 e. The quantitative estimate of drug-likeness (QED) is 0.612. The van der Waals surface area contributed by atoms with Crippen LogP contribution >= 0.6 is 0 Å². The molecule has 2 aromatic carbocycles. The second kappa shape index (κ2) is 6.29. The molecule has 4 aromatic rings. The maximum Gasteiger partial charge on any atom is 0.357 e. The fourth-order valence-corrected chi connectivity index (χ4v) is 2.85. The number of carboxylic acids is 1. The zero-order chi connectivity index (χ0) is 18.1. The summed E-state index contributed by atoms with van der Waals surface area (Å²) in [5, 5.41) is 18.3. The number of aromatic nitrogens is 4. The molecule has 128 valence electrons. The average Bonchev–Trinajstić information content (AvgIpc) is 3.19. The lowest BCUT2D eigenvalue weighted by Gasteiger charge is -2.09. The number of carboxylic acid groups (broad SMARTS) is 1. The van der Waals surface area contributed by atoms with Gasteiger partial charge in [0.05, 0.1) is 17.6 Å². The summed E-state index contributed by atoms with van der Waals surface area (Å²) in [5.41, 5.74) is 1.28. The standard InChI is InChI=1S/C19H14N4O3/c24-18-16-5-2-1-4-15(16)17(19(25)26)21-23(18)12-13-6-8-14(9-7-13)22-11-3-10-20-22/h1-11H,12H2,(H,25,26). The Morgan fingerprint density at radius 2 is 1.73 bits per heavy atom. The summed E-state index contributed by atoms with van der Waals surface area (Å²) in [6, 6.07) is 15.9. The molecular weight excluding hydrogens is 332 g/mol. The number of hydrogen-bond donors (Lipinski definition) is 1. The van der Waals surface area contributed by atoms with Crippen LogP contribution in [-0.4, -0.2) is 30.6 Å². The Bertz CT molecular complexity index is 1150. The highest BCUT2D eigenvalue weighted by Gasteiger charge is 2.15. The van der Waals surface area contributed by atoms with E-state index in [4.69, 9.17) is 0 Å². The van der Waals surface area contributed by atoms with Crippen molar-refractivity contribution in [3.63, 3.8) is 0 Å². The highest BCUT2D eigenvalue weighted by molar-refractivity contribution is 6.01. The lowest BCUT2D eigenvalue weighted by molar-refractivity contribution is 0.0690. The number of aromatic carboxylic acids is 1. The Morgan fingerprint density at radius 1 is 1.00 bits per heavy atom. The van der Waals surface area contributed by atoms with Crippen LogP contribution in [0.15, 0.2) is 71.8 Å². The molecule has 0 aliphatic heterocycles. The van der Waals surface area contributed by atoms with Gasteiger partial charge in [-0.25, -0.2) is 14.2 Å². The van der Waals surface area contributed by atoms with Gasteiger partial charge in [0.2, 0.25) is 0 Å². The van der Waals surface area contributed by atoms with Crippen molar-refractivity contribution < 1.29 is 9.90 Å². The zero-order valence-electron chi connectivity index (χ0n) is 13.6. The summed E-state index contributed by atoms with van der Waals surface area (Å²) in [6.45, 7) is 0.184. The summed E-state index contributed by atoms with van der Waals surface area (Å²) < 4.78 is 2.92. The predicted molar refractivity (Wildman–Crippen MR) is 95.6 cm³/mol. The molecule has 0 atom stereocenters. The van der Waals surface area contributed by atoms with Crippen LogP contribution in [0.1, 0.15) is 16.1 Å². The Kier molecular flexibility index (Phi) is 3.81. The van der Waals surface area contributed by atoms with Crippen LogP contribution in [0.3, 0.4) is 0 Å².